The van der Waals surface area contributed by atoms with Crippen molar-refractivity contribution in [2.24, 2.45) is 5.92 Å². The predicted molar refractivity (Wildman–Crippen MR) is 87.0 cm³/mol. The van der Waals surface area contributed by atoms with Crippen molar-refractivity contribution in [1.29, 1.82) is 0 Å². The molecule has 0 aromatic heterocycles. The van der Waals surface area contributed by atoms with Gasteiger partial charge in [-0.15, -0.1) is 0 Å². The molecule has 3 rings (SSSR count). The van der Waals surface area contributed by atoms with E-state index in [9.17, 15) is 9.59 Å². The average molecular weight is 323 g/mol. The third-order valence-corrected chi connectivity index (χ3v) is 5.32. The number of rotatable bonds is 3. The second-order valence-electron chi connectivity index (χ2n) is 6.97. The van der Waals surface area contributed by atoms with Gasteiger partial charge in [-0.25, -0.2) is 0 Å². The van der Waals surface area contributed by atoms with Crippen molar-refractivity contribution < 1.29 is 14.3 Å². The normalized spacial score (nSPS) is 27.0. The van der Waals surface area contributed by atoms with E-state index in [0.29, 0.717) is 45.1 Å². The Labute approximate surface area is 138 Å². The van der Waals surface area contributed by atoms with Crippen LogP contribution in [0.4, 0.5) is 0 Å². The van der Waals surface area contributed by atoms with E-state index < -0.39 is 0 Å². The maximum atomic E-state index is 12.5. The molecule has 1 aliphatic carbocycles. The summed E-state index contributed by atoms with van der Waals surface area (Å²) in [5, 5.41) is 3.32. The van der Waals surface area contributed by atoms with Crippen LogP contribution in [0.3, 0.4) is 0 Å². The Balaban J connectivity index is 1.42. The first kappa shape index (κ1) is 16.7. The van der Waals surface area contributed by atoms with Crippen LogP contribution in [0.25, 0.3) is 0 Å². The summed E-state index contributed by atoms with van der Waals surface area (Å²) in [7, 11) is 0. The molecule has 0 bridgehead atoms. The molecule has 6 nitrogen and oxygen atoms in total. The quantitative estimate of drug-likeness (QED) is 0.827. The topological polar surface area (TPSA) is 61.9 Å². The fourth-order valence-electron chi connectivity index (χ4n) is 3.87. The maximum Gasteiger partial charge on any atom is 0.225 e. The first-order valence-electron chi connectivity index (χ1n) is 9.12. The van der Waals surface area contributed by atoms with Crippen LogP contribution in [-0.2, 0) is 14.3 Å². The largest absolute Gasteiger partial charge is 0.378 e. The Hall–Kier alpha value is -1.14. The highest BCUT2D eigenvalue weighted by Gasteiger charge is 2.30. The average Bonchev–Trinajstić information content (AvgIpc) is 2.63. The summed E-state index contributed by atoms with van der Waals surface area (Å²) in [4.78, 5) is 28.8. The Morgan fingerprint density at radius 1 is 1.00 bits per heavy atom. The van der Waals surface area contributed by atoms with Crippen molar-refractivity contribution in [2.45, 2.75) is 44.6 Å². The summed E-state index contributed by atoms with van der Waals surface area (Å²) < 4.78 is 5.40. The van der Waals surface area contributed by atoms with E-state index >= 15 is 0 Å². The van der Waals surface area contributed by atoms with Crippen LogP contribution in [0, 0.1) is 5.92 Å². The summed E-state index contributed by atoms with van der Waals surface area (Å²) in [5.74, 6) is 0.728. The van der Waals surface area contributed by atoms with E-state index in [1.54, 1.807) is 0 Å². The molecule has 0 radical (unpaired) electrons. The minimum atomic E-state index is 0.137. The van der Waals surface area contributed by atoms with Gasteiger partial charge < -0.3 is 19.9 Å². The zero-order chi connectivity index (χ0) is 16.1. The van der Waals surface area contributed by atoms with E-state index in [0.717, 1.165) is 26.0 Å². The molecule has 130 valence electrons. The monoisotopic (exact) mass is 323 g/mol. The number of carbonyl (C=O) groups excluding carboxylic acids is 2. The number of carbonyl (C=O) groups is 2. The van der Waals surface area contributed by atoms with E-state index in [-0.39, 0.29) is 17.9 Å². The SMILES string of the molecule is O=C(CC1COCCN1)N1CCN(C(=O)C2CCCCC2)CC1. The van der Waals surface area contributed by atoms with Crippen molar-refractivity contribution in [3.63, 3.8) is 0 Å². The summed E-state index contributed by atoms with van der Waals surface area (Å²) in [6.07, 6.45) is 6.23. The van der Waals surface area contributed by atoms with Crippen molar-refractivity contribution >= 4 is 11.8 Å². The number of nitrogens with one attached hydrogen (secondary N) is 1. The molecule has 2 amide bonds. The van der Waals surface area contributed by atoms with Gasteiger partial charge in [0.05, 0.1) is 13.2 Å². The standard InChI is InChI=1S/C17H29N3O3/c21-16(12-15-13-23-11-6-18-15)19-7-9-20(10-8-19)17(22)14-4-2-1-3-5-14/h14-15,18H,1-13H2. The molecule has 1 N–H and O–H groups in total. The van der Waals surface area contributed by atoms with Crippen LogP contribution in [0.15, 0.2) is 0 Å². The number of hydrogen-bond donors (Lipinski definition) is 1. The number of piperazine rings is 1. The van der Waals surface area contributed by atoms with Crippen molar-refractivity contribution in [3.8, 4) is 0 Å². The van der Waals surface area contributed by atoms with Crippen LogP contribution in [-0.4, -0.2) is 73.6 Å². The molecular formula is C17H29N3O3. The first-order valence-corrected chi connectivity index (χ1v) is 9.12. The molecule has 23 heavy (non-hydrogen) atoms. The smallest absolute Gasteiger partial charge is 0.225 e. The molecule has 0 spiro atoms. The highest BCUT2D eigenvalue weighted by Crippen LogP contribution is 2.25. The lowest BCUT2D eigenvalue weighted by Gasteiger charge is -2.37. The molecule has 1 saturated carbocycles. The Kier molecular flexibility index (Phi) is 5.89. The molecule has 1 unspecified atom stereocenters. The van der Waals surface area contributed by atoms with Crippen molar-refractivity contribution in [2.75, 3.05) is 45.9 Å². The van der Waals surface area contributed by atoms with Gasteiger partial charge >= 0.3 is 0 Å². The van der Waals surface area contributed by atoms with Gasteiger partial charge in [0.1, 0.15) is 0 Å². The molecular weight excluding hydrogens is 294 g/mol. The van der Waals surface area contributed by atoms with Gasteiger partial charge in [-0.05, 0) is 12.8 Å². The predicted octanol–water partition coefficient (Wildman–Crippen LogP) is 0.616. The second kappa shape index (κ2) is 8.11. The Morgan fingerprint density at radius 3 is 2.35 bits per heavy atom. The van der Waals surface area contributed by atoms with Crippen molar-refractivity contribution in [3.05, 3.63) is 0 Å². The molecule has 1 atom stereocenters. The highest BCUT2D eigenvalue weighted by atomic mass is 16.5. The molecule has 3 fully saturated rings. The highest BCUT2D eigenvalue weighted by molar-refractivity contribution is 5.80. The van der Waals surface area contributed by atoms with Crippen LogP contribution in [0.2, 0.25) is 0 Å². The zero-order valence-electron chi connectivity index (χ0n) is 14.0. The molecule has 2 heterocycles. The Morgan fingerprint density at radius 2 is 1.70 bits per heavy atom. The van der Waals surface area contributed by atoms with Gasteiger partial charge in [0, 0.05) is 51.1 Å². The van der Waals surface area contributed by atoms with Crippen LogP contribution in [0.1, 0.15) is 38.5 Å². The number of ether oxygens (including phenoxy) is 1. The maximum absolute atomic E-state index is 12.5. The molecule has 2 aliphatic heterocycles. The lowest BCUT2D eigenvalue weighted by molar-refractivity contribution is -0.143. The van der Waals surface area contributed by atoms with Crippen LogP contribution in [0.5, 0.6) is 0 Å². The molecule has 3 aliphatic rings. The van der Waals surface area contributed by atoms with Gasteiger partial charge in [0.2, 0.25) is 11.8 Å². The molecule has 0 aromatic carbocycles. The second-order valence-corrected chi connectivity index (χ2v) is 6.97. The minimum Gasteiger partial charge on any atom is -0.378 e. The third kappa shape index (κ3) is 4.44. The summed E-state index contributed by atoms with van der Waals surface area (Å²) in [6.45, 7) is 4.89. The van der Waals surface area contributed by atoms with Gasteiger partial charge in [-0.3, -0.25) is 9.59 Å². The van der Waals surface area contributed by atoms with Gasteiger partial charge in [-0.2, -0.15) is 0 Å². The number of hydrogen-bond acceptors (Lipinski definition) is 4. The van der Waals surface area contributed by atoms with Crippen LogP contribution >= 0.6 is 0 Å². The van der Waals surface area contributed by atoms with Gasteiger partial charge in [0.15, 0.2) is 0 Å². The van der Waals surface area contributed by atoms with Gasteiger partial charge in [0.25, 0.3) is 0 Å². The third-order valence-electron chi connectivity index (χ3n) is 5.32. The van der Waals surface area contributed by atoms with Crippen LogP contribution < -0.4 is 5.32 Å². The van der Waals surface area contributed by atoms with E-state index in [1.807, 2.05) is 9.80 Å². The molecule has 0 aromatic rings. The number of nitrogens with zero attached hydrogens (tertiary/aromatic N) is 2. The summed E-state index contributed by atoms with van der Waals surface area (Å²) in [5.41, 5.74) is 0. The first-order chi connectivity index (χ1) is 11.2. The van der Waals surface area contributed by atoms with E-state index in [2.05, 4.69) is 5.32 Å². The number of morpholine rings is 1. The molecule has 6 heteroatoms. The van der Waals surface area contributed by atoms with E-state index in [4.69, 9.17) is 4.74 Å². The summed E-state index contributed by atoms with van der Waals surface area (Å²) >= 11 is 0. The number of amides is 2. The minimum absolute atomic E-state index is 0.137. The van der Waals surface area contributed by atoms with Crippen molar-refractivity contribution in [1.82, 2.24) is 15.1 Å². The Bertz CT molecular complexity index is 409. The lowest BCUT2D eigenvalue weighted by Crippen LogP contribution is -2.53. The fourth-order valence-corrected chi connectivity index (χ4v) is 3.87. The zero-order valence-corrected chi connectivity index (χ0v) is 14.0. The fraction of sp³-hybridized carbons (Fsp3) is 0.882. The van der Waals surface area contributed by atoms with Gasteiger partial charge in [-0.1, -0.05) is 19.3 Å². The van der Waals surface area contributed by atoms with E-state index in [1.165, 1.54) is 19.3 Å². The summed E-state index contributed by atoms with van der Waals surface area (Å²) in [6, 6.07) is 0.137. The lowest BCUT2D eigenvalue weighted by atomic mass is 9.88. The molecule has 2 saturated heterocycles.